The average Bonchev–Trinajstić information content (AvgIpc) is 2.36. The molecule has 23 heavy (non-hydrogen) atoms. The van der Waals surface area contributed by atoms with E-state index in [0.29, 0.717) is 5.56 Å². The molecule has 9 heteroatoms. The van der Waals surface area contributed by atoms with Crippen LogP contribution in [0.3, 0.4) is 0 Å². The van der Waals surface area contributed by atoms with E-state index in [2.05, 4.69) is 5.32 Å². The third-order valence-electron chi connectivity index (χ3n) is 2.90. The predicted octanol–water partition coefficient (Wildman–Crippen LogP) is 1.37. The molecular formula is C14H15NO7S. The largest absolute Gasteiger partial charge is 0.419 e. The first-order chi connectivity index (χ1) is 10.5. The molecule has 2 N–H and O–H groups in total. The summed E-state index contributed by atoms with van der Waals surface area (Å²) in [6.45, 7) is 4.46. The van der Waals surface area contributed by atoms with Gasteiger partial charge in [-0.1, -0.05) is 6.07 Å². The molecule has 0 unspecified atom stereocenters. The Morgan fingerprint density at radius 1 is 1.17 bits per heavy atom. The molecule has 0 aromatic heterocycles. The maximum atomic E-state index is 11.8. The Kier molecular flexibility index (Phi) is 4.18. The fourth-order valence-corrected chi connectivity index (χ4v) is 2.63. The van der Waals surface area contributed by atoms with Gasteiger partial charge in [0.15, 0.2) is 5.57 Å². The Bertz CT molecular complexity index is 786. The highest BCUT2D eigenvalue weighted by atomic mass is 32.2. The second kappa shape index (κ2) is 5.67. The fraction of sp³-hybridized carbons (Fsp3) is 0.286. The lowest BCUT2D eigenvalue weighted by Gasteiger charge is -2.29. The van der Waals surface area contributed by atoms with E-state index in [1.807, 2.05) is 0 Å². The number of rotatable bonds is 3. The van der Waals surface area contributed by atoms with Gasteiger partial charge in [0.1, 0.15) is 4.90 Å². The van der Waals surface area contributed by atoms with Gasteiger partial charge in [-0.25, -0.2) is 9.59 Å². The van der Waals surface area contributed by atoms with Gasteiger partial charge >= 0.3 is 11.9 Å². The Balaban J connectivity index is 2.34. The number of esters is 2. The summed E-state index contributed by atoms with van der Waals surface area (Å²) in [7, 11) is -4.48. The number of hydrogen-bond acceptors (Lipinski definition) is 7. The zero-order valence-corrected chi connectivity index (χ0v) is 13.4. The van der Waals surface area contributed by atoms with Crippen LogP contribution >= 0.6 is 0 Å². The van der Waals surface area contributed by atoms with E-state index in [4.69, 9.17) is 9.47 Å². The molecule has 1 fully saturated rings. The third-order valence-corrected chi connectivity index (χ3v) is 3.80. The summed E-state index contributed by atoms with van der Waals surface area (Å²) >= 11 is 0. The van der Waals surface area contributed by atoms with Crippen molar-refractivity contribution >= 4 is 27.7 Å². The molecule has 1 aliphatic rings. The second-order valence-corrected chi connectivity index (χ2v) is 6.75. The minimum absolute atomic E-state index is 0.00367. The van der Waals surface area contributed by atoms with Crippen molar-refractivity contribution in [1.29, 1.82) is 0 Å². The topological polar surface area (TPSA) is 119 Å². The van der Waals surface area contributed by atoms with Crippen molar-refractivity contribution in [3.05, 3.63) is 35.5 Å². The summed E-state index contributed by atoms with van der Waals surface area (Å²) in [6, 6.07) is 4.23. The van der Waals surface area contributed by atoms with Crippen LogP contribution < -0.4 is 5.32 Å². The summed E-state index contributed by atoms with van der Waals surface area (Å²) in [5.74, 6) is -3.17. The van der Waals surface area contributed by atoms with Gasteiger partial charge in [-0.2, -0.15) is 8.42 Å². The maximum absolute atomic E-state index is 11.8. The highest BCUT2D eigenvalue weighted by Crippen LogP contribution is 2.25. The van der Waals surface area contributed by atoms with E-state index >= 15 is 0 Å². The van der Waals surface area contributed by atoms with Crippen molar-refractivity contribution in [3.8, 4) is 0 Å². The molecule has 1 heterocycles. The summed E-state index contributed by atoms with van der Waals surface area (Å²) in [5, 5.41) is 2.50. The Morgan fingerprint density at radius 3 is 2.26 bits per heavy atom. The molecule has 0 bridgehead atoms. The van der Waals surface area contributed by atoms with Crippen molar-refractivity contribution < 1.29 is 32.0 Å². The SMILES string of the molecule is Cc1ccc(NC=C2C(=O)OC(C)(C)OC2=O)c(S(=O)(=O)O)c1. The van der Waals surface area contributed by atoms with Gasteiger partial charge in [0.25, 0.3) is 15.9 Å². The minimum Gasteiger partial charge on any atom is -0.419 e. The van der Waals surface area contributed by atoms with Crippen LogP contribution in [0.2, 0.25) is 0 Å². The van der Waals surface area contributed by atoms with Crippen molar-refractivity contribution in [3.63, 3.8) is 0 Å². The quantitative estimate of drug-likeness (QED) is 0.366. The molecule has 0 saturated carbocycles. The van der Waals surface area contributed by atoms with Gasteiger partial charge in [-0.05, 0) is 24.6 Å². The number of aryl methyl sites for hydroxylation is 1. The first-order valence-electron chi connectivity index (χ1n) is 6.51. The van der Waals surface area contributed by atoms with E-state index in [0.717, 1.165) is 6.20 Å². The van der Waals surface area contributed by atoms with Gasteiger partial charge in [0.2, 0.25) is 0 Å². The molecule has 0 aliphatic carbocycles. The summed E-state index contributed by atoms with van der Waals surface area (Å²) < 4.78 is 41.8. The number of carbonyl (C=O) groups is 2. The monoisotopic (exact) mass is 341 g/mol. The lowest BCUT2D eigenvalue weighted by molar-refractivity contribution is -0.222. The fourth-order valence-electron chi connectivity index (χ4n) is 1.89. The highest BCUT2D eigenvalue weighted by Gasteiger charge is 2.39. The van der Waals surface area contributed by atoms with Crippen molar-refractivity contribution in [2.24, 2.45) is 0 Å². The first kappa shape index (κ1) is 17.0. The van der Waals surface area contributed by atoms with Crippen LogP contribution in [0.4, 0.5) is 5.69 Å². The number of carbonyl (C=O) groups excluding carboxylic acids is 2. The van der Waals surface area contributed by atoms with Crippen LogP contribution in [-0.4, -0.2) is 30.7 Å². The van der Waals surface area contributed by atoms with Crippen molar-refractivity contribution in [1.82, 2.24) is 0 Å². The van der Waals surface area contributed by atoms with Crippen molar-refractivity contribution in [2.75, 3.05) is 5.32 Å². The molecule has 0 spiro atoms. The highest BCUT2D eigenvalue weighted by molar-refractivity contribution is 7.86. The molecule has 0 radical (unpaired) electrons. The molecule has 1 aliphatic heterocycles. The van der Waals surface area contributed by atoms with E-state index in [1.54, 1.807) is 13.0 Å². The summed E-state index contributed by atoms with van der Waals surface area (Å²) in [5.41, 5.74) is 0.177. The molecule has 0 atom stereocenters. The lowest BCUT2D eigenvalue weighted by atomic mass is 10.2. The average molecular weight is 341 g/mol. The molecule has 8 nitrogen and oxygen atoms in total. The maximum Gasteiger partial charge on any atom is 0.350 e. The van der Waals surface area contributed by atoms with Crippen LogP contribution in [-0.2, 0) is 29.2 Å². The van der Waals surface area contributed by atoms with Crippen LogP contribution in [0.25, 0.3) is 0 Å². The number of anilines is 1. The number of ether oxygens (including phenoxy) is 2. The number of nitrogens with one attached hydrogen (secondary N) is 1. The van der Waals surface area contributed by atoms with E-state index in [-0.39, 0.29) is 10.6 Å². The Hall–Kier alpha value is -2.39. The number of hydrogen-bond donors (Lipinski definition) is 2. The molecular weight excluding hydrogens is 326 g/mol. The second-order valence-electron chi connectivity index (χ2n) is 5.36. The smallest absolute Gasteiger partial charge is 0.350 e. The van der Waals surface area contributed by atoms with E-state index < -0.39 is 33.4 Å². The van der Waals surface area contributed by atoms with Gasteiger partial charge in [0, 0.05) is 20.0 Å². The van der Waals surface area contributed by atoms with Crippen LogP contribution in [0.5, 0.6) is 0 Å². The van der Waals surface area contributed by atoms with Gasteiger partial charge < -0.3 is 14.8 Å². The van der Waals surface area contributed by atoms with Crippen molar-refractivity contribution in [2.45, 2.75) is 31.5 Å². The molecule has 0 amide bonds. The Morgan fingerprint density at radius 2 is 1.74 bits per heavy atom. The Labute approximate surface area is 132 Å². The predicted molar refractivity (Wildman–Crippen MR) is 79.0 cm³/mol. The zero-order chi connectivity index (χ0) is 17.4. The van der Waals surface area contributed by atoms with Crippen LogP contribution in [0.15, 0.2) is 34.9 Å². The summed E-state index contributed by atoms with van der Waals surface area (Å²) in [4.78, 5) is 23.2. The normalized spacial score (nSPS) is 17.3. The van der Waals surface area contributed by atoms with Gasteiger partial charge in [-0.15, -0.1) is 0 Å². The third kappa shape index (κ3) is 3.88. The van der Waals surface area contributed by atoms with Crippen LogP contribution in [0.1, 0.15) is 19.4 Å². The molecule has 124 valence electrons. The molecule has 1 aromatic rings. The zero-order valence-electron chi connectivity index (χ0n) is 12.6. The summed E-state index contributed by atoms with van der Waals surface area (Å²) in [6.07, 6.45) is 0.971. The molecule has 1 saturated heterocycles. The molecule has 2 rings (SSSR count). The number of cyclic esters (lactones) is 2. The van der Waals surface area contributed by atoms with Crippen LogP contribution in [0, 0.1) is 6.92 Å². The minimum atomic E-state index is -4.48. The van der Waals surface area contributed by atoms with E-state index in [1.165, 1.54) is 26.0 Å². The molecule has 1 aromatic carbocycles. The first-order valence-corrected chi connectivity index (χ1v) is 7.95. The van der Waals surface area contributed by atoms with E-state index in [9.17, 15) is 22.6 Å². The lowest BCUT2D eigenvalue weighted by Crippen LogP contribution is -2.42. The van der Waals surface area contributed by atoms with Gasteiger partial charge in [-0.3, -0.25) is 4.55 Å². The van der Waals surface area contributed by atoms with Gasteiger partial charge in [0.05, 0.1) is 5.69 Å². The number of benzene rings is 1. The standard InChI is InChI=1S/C14H15NO7S/c1-8-4-5-10(11(6-8)23(18,19)20)15-7-9-12(16)21-14(2,3)22-13(9)17/h4-7,15H,1-3H3,(H,18,19,20).